The molecule has 2 unspecified atom stereocenters. The van der Waals surface area contributed by atoms with E-state index in [0.29, 0.717) is 5.92 Å². The summed E-state index contributed by atoms with van der Waals surface area (Å²) in [4.78, 5) is 0. The van der Waals surface area contributed by atoms with Crippen LogP contribution in [0.4, 0.5) is 0 Å². The monoisotopic (exact) mass is 402 g/mol. The van der Waals surface area contributed by atoms with Crippen molar-refractivity contribution in [3.63, 3.8) is 0 Å². The van der Waals surface area contributed by atoms with Gasteiger partial charge in [-0.25, -0.2) is 0 Å². The number of allylic oxidation sites excluding steroid dienone is 5. The van der Waals surface area contributed by atoms with Gasteiger partial charge in [0.15, 0.2) is 0 Å². The van der Waals surface area contributed by atoms with Crippen molar-refractivity contribution in [2.75, 3.05) is 0 Å². The molecule has 1 saturated heterocycles. The van der Waals surface area contributed by atoms with Crippen LogP contribution in [0.5, 0.6) is 0 Å². The average molecular weight is 403 g/mol. The zero-order chi connectivity index (χ0) is 22.1. The topological polar surface area (TPSA) is 9.23 Å². The highest BCUT2D eigenvalue weighted by molar-refractivity contribution is 5.84. The second kappa shape index (κ2) is 8.84. The van der Waals surface area contributed by atoms with Gasteiger partial charge in [0, 0.05) is 5.92 Å². The number of hydrogen-bond donors (Lipinski definition) is 0. The zero-order valence-electron chi connectivity index (χ0n) is 19.9. The minimum atomic E-state index is 0.0661. The molecule has 1 aliphatic heterocycles. The van der Waals surface area contributed by atoms with E-state index in [9.17, 15) is 0 Å². The fraction of sp³-hybridized carbons (Fsp3) is 0.448. The molecule has 0 saturated carbocycles. The first-order valence-electron chi connectivity index (χ1n) is 11.4. The molecule has 1 fully saturated rings. The molecule has 0 bridgehead atoms. The van der Waals surface area contributed by atoms with Crippen LogP contribution >= 0.6 is 0 Å². The van der Waals surface area contributed by atoms with E-state index in [1.54, 1.807) is 0 Å². The van der Waals surface area contributed by atoms with Gasteiger partial charge < -0.3 is 4.74 Å². The molecule has 30 heavy (non-hydrogen) atoms. The maximum atomic E-state index is 6.33. The first-order chi connectivity index (χ1) is 14.1. The van der Waals surface area contributed by atoms with Crippen LogP contribution in [0.3, 0.4) is 0 Å². The summed E-state index contributed by atoms with van der Waals surface area (Å²) in [5.41, 5.74) is 4.23. The summed E-state index contributed by atoms with van der Waals surface area (Å²) in [6, 6.07) is 13.7. The van der Waals surface area contributed by atoms with Gasteiger partial charge in [0.25, 0.3) is 0 Å². The van der Waals surface area contributed by atoms with Gasteiger partial charge in [0.05, 0.1) is 5.92 Å². The summed E-state index contributed by atoms with van der Waals surface area (Å²) < 4.78 is 6.33. The molecule has 2 atom stereocenters. The summed E-state index contributed by atoms with van der Waals surface area (Å²) in [6.07, 6.45) is 6.65. The number of rotatable bonds is 5. The van der Waals surface area contributed by atoms with Crippen LogP contribution in [0.1, 0.15) is 71.9 Å². The second-order valence-electron chi connectivity index (χ2n) is 10.1. The summed E-state index contributed by atoms with van der Waals surface area (Å²) in [5, 5.41) is 2.60. The van der Waals surface area contributed by atoms with Gasteiger partial charge in [-0.2, -0.15) is 0 Å². The molecular formula is C29H38O. The van der Waals surface area contributed by atoms with Gasteiger partial charge in [0.1, 0.15) is 11.5 Å². The minimum absolute atomic E-state index is 0.0661. The van der Waals surface area contributed by atoms with Crippen LogP contribution in [-0.2, 0) is 11.2 Å². The van der Waals surface area contributed by atoms with E-state index < -0.39 is 0 Å². The van der Waals surface area contributed by atoms with E-state index in [4.69, 9.17) is 4.74 Å². The molecule has 2 aromatic rings. The van der Waals surface area contributed by atoms with Crippen molar-refractivity contribution in [1.29, 1.82) is 0 Å². The lowest BCUT2D eigenvalue weighted by atomic mass is 9.78. The molecule has 0 radical (unpaired) electrons. The van der Waals surface area contributed by atoms with E-state index in [1.165, 1.54) is 27.5 Å². The zero-order valence-corrected chi connectivity index (χ0v) is 19.9. The third-order valence-corrected chi connectivity index (χ3v) is 6.20. The number of fused-ring (bicyclic) bond motifs is 1. The predicted molar refractivity (Wildman–Crippen MR) is 131 cm³/mol. The van der Waals surface area contributed by atoms with Crippen molar-refractivity contribution in [3.8, 4) is 0 Å². The molecule has 1 nitrogen and oxygen atoms in total. The SMILES string of the molecule is C=C1O/C(=C\C(C)(C)C)C(C/C(=C\C)C(C)C)C1c1ccc2cc(CC)ccc2c1. The Morgan fingerprint density at radius 3 is 2.37 bits per heavy atom. The van der Waals surface area contributed by atoms with E-state index in [-0.39, 0.29) is 17.3 Å². The Hall–Kier alpha value is -2.28. The predicted octanol–water partition coefficient (Wildman–Crippen LogP) is 8.57. The second-order valence-corrected chi connectivity index (χ2v) is 10.1. The van der Waals surface area contributed by atoms with E-state index in [2.05, 4.69) is 104 Å². The van der Waals surface area contributed by atoms with Crippen LogP contribution in [0.25, 0.3) is 10.8 Å². The molecule has 0 aromatic heterocycles. The Morgan fingerprint density at radius 1 is 1.10 bits per heavy atom. The van der Waals surface area contributed by atoms with Gasteiger partial charge in [-0.1, -0.05) is 96.2 Å². The number of ether oxygens (including phenoxy) is 1. The van der Waals surface area contributed by atoms with Gasteiger partial charge >= 0.3 is 0 Å². The molecule has 3 rings (SSSR count). The lowest BCUT2D eigenvalue weighted by Gasteiger charge is -2.23. The summed E-state index contributed by atoms with van der Waals surface area (Å²) >= 11 is 0. The third kappa shape index (κ3) is 4.89. The van der Waals surface area contributed by atoms with Crippen LogP contribution < -0.4 is 0 Å². The Kier molecular flexibility index (Phi) is 6.60. The molecule has 0 amide bonds. The quantitative estimate of drug-likeness (QED) is 0.455. The standard InChI is InChI=1S/C29H38O/c1-9-21-11-12-24-16-25(14-13-23(24)15-21)28-20(5)30-27(18-29(6,7)8)26(28)17-22(10-2)19(3)4/h10-16,18-19,26,28H,5,9,17H2,1-4,6-8H3/b22-10+,27-18-. The van der Waals surface area contributed by atoms with Crippen molar-refractivity contribution in [2.24, 2.45) is 17.3 Å². The van der Waals surface area contributed by atoms with Crippen molar-refractivity contribution in [1.82, 2.24) is 0 Å². The molecule has 1 heteroatoms. The van der Waals surface area contributed by atoms with Crippen LogP contribution in [0.15, 0.2) is 72.2 Å². The number of hydrogen-bond acceptors (Lipinski definition) is 1. The van der Waals surface area contributed by atoms with Crippen LogP contribution in [0, 0.1) is 17.3 Å². The van der Waals surface area contributed by atoms with Gasteiger partial charge in [0.2, 0.25) is 0 Å². The first kappa shape index (κ1) is 22.4. The minimum Gasteiger partial charge on any atom is -0.466 e. The Labute approximate surface area is 183 Å². The average Bonchev–Trinajstić information content (AvgIpc) is 2.97. The molecular weight excluding hydrogens is 364 g/mol. The lowest BCUT2D eigenvalue weighted by Crippen LogP contribution is -2.13. The number of benzene rings is 2. The first-order valence-corrected chi connectivity index (χ1v) is 11.4. The molecule has 0 aliphatic carbocycles. The maximum Gasteiger partial charge on any atom is 0.105 e. The fourth-order valence-corrected chi connectivity index (χ4v) is 4.55. The third-order valence-electron chi connectivity index (χ3n) is 6.20. The molecule has 0 spiro atoms. The maximum absolute atomic E-state index is 6.33. The Balaban J connectivity index is 2.06. The lowest BCUT2D eigenvalue weighted by molar-refractivity contribution is 0.316. The van der Waals surface area contributed by atoms with Gasteiger partial charge in [-0.05, 0) is 59.1 Å². The molecule has 160 valence electrons. The van der Waals surface area contributed by atoms with Crippen molar-refractivity contribution < 1.29 is 4.74 Å². The molecule has 1 aliphatic rings. The highest BCUT2D eigenvalue weighted by atomic mass is 16.5. The van der Waals surface area contributed by atoms with E-state index in [0.717, 1.165) is 24.4 Å². The van der Waals surface area contributed by atoms with Crippen molar-refractivity contribution in [3.05, 3.63) is 83.3 Å². The molecule has 2 aromatic carbocycles. The summed E-state index contributed by atoms with van der Waals surface area (Å²) in [5.74, 6) is 2.96. The van der Waals surface area contributed by atoms with Crippen molar-refractivity contribution in [2.45, 2.75) is 67.2 Å². The van der Waals surface area contributed by atoms with Crippen LogP contribution in [0.2, 0.25) is 0 Å². The smallest absolute Gasteiger partial charge is 0.105 e. The Bertz CT molecular complexity index is 981. The van der Waals surface area contributed by atoms with Crippen LogP contribution in [-0.4, -0.2) is 0 Å². The summed E-state index contributed by atoms with van der Waals surface area (Å²) in [7, 11) is 0. The highest BCUT2D eigenvalue weighted by Crippen LogP contribution is 2.49. The largest absolute Gasteiger partial charge is 0.466 e. The molecule has 0 N–H and O–H groups in total. The van der Waals surface area contributed by atoms with Gasteiger partial charge in [-0.15, -0.1) is 0 Å². The van der Waals surface area contributed by atoms with Gasteiger partial charge in [-0.3, -0.25) is 0 Å². The number of aryl methyl sites for hydroxylation is 1. The van der Waals surface area contributed by atoms with Crippen molar-refractivity contribution >= 4 is 10.8 Å². The fourth-order valence-electron chi connectivity index (χ4n) is 4.55. The normalized spacial score (nSPS) is 21.7. The highest BCUT2D eigenvalue weighted by Gasteiger charge is 2.39. The Morgan fingerprint density at radius 2 is 1.77 bits per heavy atom. The molecule has 1 heterocycles. The van der Waals surface area contributed by atoms with E-state index in [1.807, 2.05) is 0 Å². The van der Waals surface area contributed by atoms with E-state index >= 15 is 0 Å². The summed E-state index contributed by atoms with van der Waals surface area (Å²) in [6.45, 7) is 20.0.